The lowest BCUT2D eigenvalue weighted by Crippen LogP contribution is -2.30. The summed E-state index contributed by atoms with van der Waals surface area (Å²) in [5.74, 6) is -1.24. The molecule has 2 aliphatic rings. The van der Waals surface area contributed by atoms with Crippen molar-refractivity contribution in [3.63, 3.8) is 0 Å². The third-order valence-corrected chi connectivity index (χ3v) is 4.21. The van der Waals surface area contributed by atoms with E-state index < -0.39 is 0 Å². The van der Waals surface area contributed by atoms with Gasteiger partial charge >= 0.3 is 0 Å². The van der Waals surface area contributed by atoms with Crippen LogP contribution in [0.3, 0.4) is 0 Å². The van der Waals surface area contributed by atoms with Gasteiger partial charge in [0.2, 0.25) is 11.8 Å². The van der Waals surface area contributed by atoms with E-state index in [0.29, 0.717) is 22.5 Å². The molecule has 2 aromatic rings. The first kappa shape index (κ1) is 14.3. The largest absolute Gasteiger partial charge is 0.274 e. The highest BCUT2D eigenvalue weighted by molar-refractivity contribution is 6.34. The number of carbonyl (C=O) groups excluding carboxylic acids is 4. The molecule has 6 nitrogen and oxygen atoms in total. The molecule has 2 heterocycles. The second-order valence-electron chi connectivity index (χ2n) is 5.63. The van der Waals surface area contributed by atoms with Crippen molar-refractivity contribution in [2.75, 3.05) is 9.80 Å². The summed E-state index contributed by atoms with van der Waals surface area (Å²) < 4.78 is 0. The van der Waals surface area contributed by atoms with Crippen LogP contribution in [0.2, 0.25) is 0 Å². The maximum atomic E-state index is 12.4. The maximum Gasteiger partial charge on any atom is 0.266 e. The van der Waals surface area contributed by atoms with Gasteiger partial charge < -0.3 is 0 Å². The van der Waals surface area contributed by atoms with Gasteiger partial charge in [0.1, 0.15) is 0 Å². The molecule has 1 saturated heterocycles. The molecule has 0 spiro atoms. The predicted octanol–water partition coefficient (Wildman–Crippen LogP) is 2.14. The van der Waals surface area contributed by atoms with Crippen LogP contribution in [0.1, 0.15) is 33.6 Å². The lowest BCUT2D eigenvalue weighted by atomic mass is 10.1. The van der Waals surface area contributed by atoms with E-state index in [-0.39, 0.29) is 36.5 Å². The molecule has 4 rings (SSSR count). The first-order valence-electron chi connectivity index (χ1n) is 7.51. The van der Waals surface area contributed by atoms with Crippen LogP contribution in [0.5, 0.6) is 0 Å². The SMILES string of the molecule is O=C1CCC(=O)N1c1ccc(N2C(=O)c3ccccc3C2=O)cc1. The van der Waals surface area contributed by atoms with Crippen LogP contribution in [0.25, 0.3) is 0 Å². The van der Waals surface area contributed by atoms with Gasteiger partial charge in [0, 0.05) is 12.8 Å². The van der Waals surface area contributed by atoms with Gasteiger partial charge in [-0.1, -0.05) is 12.1 Å². The van der Waals surface area contributed by atoms with Crippen molar-refractivity contribution in [1.82, 2.24) is 0 Å². The summed E-state index contributed by atoms with van der Waals surface area (Å²) in [7, 11) is 0. The normalized spacial score (nSPS) is 17.0. The fourth-order valence-electron chi connectivity index (χ4n) is 3.04. The fraction of sp³-hybridized carbons (Fsp3) is 0.111. The van der Waals surface area contributed by atoms with E-state index >= 15 is 0 Å². The molecule has 4 amide bonds. The zero-order chi connectivity index (χ0) is 16.8. The van der Waals surface area contributed by atoms with Gasteiger partial charge in [-0.15, -0.1) is 0 Å². The molecule has 0 radical (unpaired) electrons. The molecule has 0 N–H and O–H groups in total. The summed E-state index contributed by atoms with van der Waals surface area (Å²) in [6.45, 7) is 0. The molecule has 1 fully saturated rings. The number of rotatable bonds is 2. The minimum atomic E-state index is -0.378. The third kappa shape index (κ3) is 1.96. The third-order valence-electron chi connectivity index (χ3n) is 4.21. The van der Waals surface area contributed by atoms with E-state index in [1.165, 1.54) is 0 Å². The van der Waals surface area contributed by atoms with Crippen molar-refractivity contribution in [1.29, 1.82) is 0 Å². The number of nitrogens with zero attached hydrogens (tertiary/aromatic N) is 2. The van der Waals surface area contributed by atoms with Crippen LogP contribution in [-0.2, 0) is 9.59 Å². The van der Waals surface area contributed by atoms with Gasteiger partial charge in [-0.25, -0.2) is 4.90 Å². The summed E-state index contributed by atoms with van der Waals surface area (Å²) in [6.07, 6.45) is 0.415. The molecule has 0 aromatic heterocycles. The lowest BCUT2D eigenvalue weighted by molar-refractivity contribution is -0.121. The highest BCUT2D eigenvalue weighted by Gasteiger charge is 2.36. The number of anilines is 2. The Balaban J connectivity index is 1.67. The smallest absolute Gasteiger partial charge is 0.266 e. The average molecular weight is 320 g/mol. The van der Waals surface area contributed by atoms with Crippen molar-refractivity contribution in [2.24, 2.45) is 0 Å². The number of hydrogen-bond donors (Lipinski definition) is 0. The van der Waals surface area contributed by atoms with Crippen LogP contribution in [0.4, 0.5) is 11.4 Å². The van der Waals surface area contributed by atoms with Crippen LogP contribution < -0.4 is 9.80 Å². The maximum absolute atomic E-state index is 12.4. The van der Waals surface area contributed by atoms with Gasteiger partial charge in [-0.05, 0) is 36.4 Å². The molecule has 0 atom stereocenters. The quantitative estimate of drug-likeness (QED) is 0.795. The van der Waals surface area contributed by atoms with Crippen molar-refractivity contribution in [3.05, 3.63) is 59.7 Å². The van der Waals surface area contributed by atoms with Crippen molar-refractivity contribution >= 4 is 35.0 Å². The molecule has 6 heteroatoms. The molecule has 0 aliphatic carbocycles. The summed E-state index contributed by atoms with van der Waals surface area (Å²) in [6, 6.07) is 12.9. The Kier molecular flexibility index (Phi) is 3.06. The fourth-order valence-corrected chi connectivity index (χ4v) is 3.04. The molecular weight excluding hydrogens is 308 g/mol. The lowest BCUT2D eigenvalue weighted by Gasteiger charge is -2.17. The topological polar surface area (TPSA) is 74.8 Å². The van der Waals surface area contributed by atoms with Crippen molar-refractivity contribution in [3.8, 4) is 0 Å². The van der Waals surface area contributed by atoms with Crippen LogP contribution in [0, 0.1) is 0 Å². The van der Waals surface area contributed by atoms with Crippen LogP contribution in [-0.4, -0.2) is 23.6 Å². The number of benzene rings is 2. The van der Waals surface area contributed by atoms with Crippen LogP contribution >= 0.6 is 0 Å². The van der Waals surface area contributed by atoms with Gasteiger partial charge in [-0.3, -0.25) is 24.1 Å². The first-order chi connectivity index (χ1) is 11.6. The number of imide groups is 2. The van der Waals surface area contributed by atoms with E-state index in [9.17, 15) is 19.2 Å². The Morgan fingerprint density at radius 3 is 1.46 bits per heavy atom. The molecular formula is C18H12N2O4. The number of hydrogen-bond acceptors (Lipinski definition) is 4. The minimum Gasteiger partial charge on any atom is -0.274 e. The number of carbonyl (C=O) groups is 4. The average Bonchev–Trinajstić information content (AvgIpc) is 3.06. The Morgan fingerprint density at radius 1 is 0.583 bits per heavy atom. The van der Waals surface area contributed by atoms with E-state index in [4.69, 9.17) is 0 Å². The second-order valence-corrected chi connectivity index (χ2v) is 5.63. The van der Waals surface area contributed by atoms with E-state index in [1.807, 2.05) is 0 Å². The first-order valence-corrected chi connectivity index (χ1v) is 7.51. The monoisotopic (exact) mass is 320 g/mol. The molecule has 24 heavy (non-hydrogen) atoms. The van der Waals surface area contributed by atoms with E-state index in [1.54, 1.807) is 48.5 Å². The molecule has 2 aromatic carbocycles. The Bertz CT molecular complexity index is 850. The Labute approximate surface area is 137 Å². The standard InChI is InChI=1S/C18H12N2O4/c21-15-9-10-16(22)19(15)11-5-7-12(8-6-11)20-17(23)13-3-1-2-4-14(13)18(20)24/h1-8H,9-10H2. The Morgan fingerprint density at radius 2 is 1.00 bits per heavy atom. The van der Waals surface area contributed by atoms with Crippen molar-refractivity contribution < 1.29 is 19.2 Å². The zero-order valence-corrected chi connectivity index (χ0v) is 12.6. The number of fused-ring (bicyclic) bond motifs is 1. The molecule has 118 valence electrons. The summed E-state index contributed by atoms with van der Waals surface area (Å²) >= 11 is 0. The van der Waals surface area contributed by atoms with Crippen molar-refractivity contribution in [2.45, 2.75) is 12.8 Å². The van der Waals surface area contributed by atoms with Gasteiger partial charge in [0.05, 0.1) is 22.5 Å². The summed E-state index contributed by atoms with van der Waals surface area (Å²) in [5, 5.41) is 0. The molecule has 0 saturated carbocycles. The molecule has 0 unspecified atom stereocenters. The van der Waals surface area contributed by atoms with Gasteiger partial charge in [0.15, 0.2) is 0 Å². The van der Waals surface area contributed by atoms with Gasteiger partial charge in [0.25, 0.3) is 11.8 Å². The minimum absolute atomic E-state index is 0.207. The van der Waals surface area contributed by atoms with Gasteiger partial charge in [-0.2, -0.15) is 0 Å². The predicted molar refractivity (Wildman–Crippen MR) is 85.8 cm³/mol. The van der Waals surface area contributed by atoms with E-state index in [2.05, 4.69) is 0 Å². The zero-order valence-electron chi connectivity index (χ0n) is 12.6. The molecule has 2 aliphatic heterocycles. The Hall–Kier alpha value is -3.28. The summed E-state index contributed by atoms with van der Waals surface area (Å²) in [4.78, 5) is 50.6. The highest BCUT2D eigenvalue weighted by atomic mass is 16.2. The summed E-state index contributed by atoms with van der Waals surface area (Å²) in [5.41, 5.74) is 1.60. The van der Waals surface area contributed by atoms with E-state index in [0.717, 1.165) is 9.80 Å². The second kappa shape index (κ2) is 5.13. The number of amides is 4. The van der Waals surface area contributed by atoms with Crippen LogP contribution in [0.15, 0.2) is 48.5 Å². The highest BCUT2D eigenvalue weighted by Crippen LogP contribution is 2.30. The molecule has 0 bridgehead atoms.